The van der Waals surface area contributed by atoms with Crippen LogP contribution in [0.15, 0.2) is 77.6 Å². The fourth-order valence-electron chi connectivity index (χ4n) is 4.16. The number of hydrogen-bond donors (Lipinski definition) is 0. The van der Waals surface area contributed by atoms with Crippen molar-refractivity contribution in [1.82, 2.24) is 14.4 Å². The molecule has 0 radical (unpaired) electrons. The van der Waals surface area contributed by atoms with Gasteiger partial charge in [0.15, 0.2) is 5.43 Å². The smallest absolute Gasteiger partial charge is 0.336 e. The first-order chi connectivity index (χ1) is 16.6. The van der Waals surface area contributed by atoms with Gasteiger partial charge in [-0.25, -0.2) is 0 Å². The van der Waals surface area contributed by atoms with Crippen LogP contribution < -0.4 is 5.43 Å². The van der Waals surface area contributed by atoms with Crippen LogP contribution in [0.25, 0.3) is 21.8 Å². The van der Waals surface area contributed by atoms with Gasteiger partial charge >= 0.3 is 6.18 Å². The number of benzene rings is 3. The second kappa shape index (κ2) is 9.92. The van der Waals surface area contributed by atoms with Crippen LogP contribution in [0.3, 0.4) is 0 Å². The molecule has 8 heteroatoms. The van der Waals surface area contributed by atoms with Crippen LogP contribution in [0.2, 0.25) is 0 Å². The number of halogens is 3. The van der Waals surface area contributed by atoms with Crippen LogP contribution in [-0.4, -0.2) is 47.5 Å². The van der Waals surface area contributed by atoms with E-state index in [-0.39, 0.29) is 24.4 Å². The number of pyridine rings is 1. The molecule has 0 fully saturated rings. The van der Waals surface area contributed by atoms with E-state index in [9.17, 15) is 22.8 Å². The largest absolute Gasteiger partial charge is 0.416 e. The Balaban J connectivity index is 1.72. The SMILES string of the molecule is CN(C)CCN(Cc1cccc(C(F)(F)F)c1)C(=O)Cn1c2ccccc2c(=O)c2ccccc21. The van der Waals surface area contributed by atoms with Crippen molar-refractivity contribution in [2.75, 3.05) is 27.2 Å². The summed E-state index contributed by atoms with van der Waals surface area (Å²) in [4.78, 5) is 30.0. The van der Waals surface area contributed by atoms with Gasteiger partial charge in [-0.15, -0.1) is 0 Å². The molecule has 0 saturated heterocycles. The number of likely N-dealkylation sites (N-methyl/N-ethyl adjacent to an activating group) is 1. The second-order valence-corrected chi connectivity index (χ2v) is 8.77. The molecule has 0 saturated carbocycles. The summed E-state index contributed by atoms with van der Waals surface area (Å²) in [5, 5.41) is 1.02. The summed E-state index contributed by atoms with van der Waals surface area (Å²) in [5.41, 5.74) is 0.828. The molecule has 3 aromatic carbocycles. The summed E-state index contributed by atoms with van der Waals surface area (Å²) in [6, 6.07) is 19.3. The Labute approximate surface area is 201 Å². The number of alkyl halides is 3. The lowest BCUT2D eigenvalue weighted by Gasteiger charge is -2.26. The van der Waals surface area contributed by atoms with E-state index in [2.05, 4.69) is 0 Å². The molecular formula is C27H26F3N3O2. The zero-order chi connectivity index (χ0) is 25.2. The Bertz CT molecular complexity index is 1370. The van der Waals surface area contributed by atoms with E-state index in [0.717, 1.165) is 12.1 Å². The van der Waals surface area contributed by atoms with Crippen LogP contribution in [-0.2, 0) is 24.1 Å². The quantitative estimate of drug-likeness (QED) is 0.358. The average Bonchev–Trinajstić information content (AvgIpc) is 2.83. The van der Waals surface area contributed by atoms with E-state index in [0.29, 0.717) is 40.5 Å². The predicted octanol–water partition coefficient (Wildman–Crippen LogP) is 4.76. The fraction of sp³-hybridized carbons (Fsp3) is 0.259. The molecule has 35 heavy (non-hydrogen) atoms. The number of carbonyl (C=O) groups excluding carboxylic acids is 1. The van der Waals surface area contributed by atoms with E-state index < -0.39 is 11.7 Å². The monoisotopic (exact) mass is 481 g/mol. The molecule has 0 N–H and O–H groups in total. The molecular weight excluding hydrogens is 455 g/mol. The molecule has 5 nitrogen and oxygen atoms in total. The second-order valence-electron chi connectivity index (χ2n) is 8.77. The van der Waals surface area contributed by atoms with Gasteiger partial charge in [-0.2, -0.15) is 13.2 Å². The number of aromatic nitrogens is 1. The minimum Gasteiger partial charge on any atom is -0.336 e. The van der Waals surface area contributed by atoms with Gasteiger partial charge in [0.2, 0.25) is 5.91 Å². The Kier molecular flexibility index (Phi) is 6.93. The highest BCUT2D eigenvalue weighted by atomic mass is 19.4. The van der Waals surface area contributed by atoms with Crippen LogP contribution in [0.5, 0.6) is 0 Å². The molecule has 4 aromatic rings. The Morgan fingerprint density at radius 2 is 1.46 bits per heavy atom. The number of amides is 1. The van der Waals surface area contributed by atoms with Crippen LogP contribution in [0.1, 0.15) is 11.1 Å². The summed E-state index contributed by atoms with van der Waals surface area (Å²) in [7, 11) is 3.74. The van der Waals surface area contributed by atoms with Gasteiger partial charge in [0.25, 0.3) is 0 Å². The van der Waals surface area contributed by atoms with Crippen molar-refractivity contribution in [2.45, 2.75) is 19.3 Å². The van der Waals surface area contributed by atoms with Gasteiger partial charge < -0.3 is 14.4 Å². The maximum atomic E-state index is 13.6. The molecule has 4 rings (SSSR count). The van der Waals surface area contributed by atoms with E-state index in [1.165, 1.54) is 6.07 Å². The van der Waals surface area contributed by atoms with Crippen molar-refractivity contribution in [1.29, 1.82) is 0 Å². The van der Waals surface area contributed by atoms with Gasteiger partial charge in [-0.3, -0.25) is 9.59 Å². The number of nitrogens with zero attached hydrogens (tertiary/aromatic N) is 3. The van der Waals surface area contributed by atoms with E-state index in [4.69, 9.17) is 0 Å². The standard InChI is InChI=1S/C27H26F3N3O2/c1-31(2)14-15-32(17-19-8-7-9-20(16-19)27(28,29)30)25(34)18-33-23-12-5-3-10-21(23)26(35)22-11-4-6-13-24(22)33/h3-13,16H,14-15,17-18H2,1-2H3. The van der Waals surface area contributed by atoms with Gasteiger partial charge in [-0.05, 0) is 56.1 Å². The molecule has 1 aromatic heterocycles. The van der Waals surface area contributed by atoms with Crippen molar-refractivity contribution >= 4 is 27.7 Å². The molecule has 0 unspecified atom stereocenters. The summed E-state index contributed by atoms with van der Waals surface area (Å²) < 4.78 is 41.5. The van der Waals surface area contributed by atoms with Crippen molar-refractivity contribution < 1.29 is 18.0 Å². The van der Waals surface area contributed by atoms with Crippen molar-refractivity contribution in [3.05, 3.63) is 94.1 Å². The Morgan fingerprint density at radius 3 is 2.03 bits per heavy atom. The third-order valence-corrected chi connectivity index (χ3v) is 5.97. The predicted molar refractivity (Wildman–Crippen MR) is 131 cm³/mol. The Morgan fingerprint density at radius 1 is 0.857 bits per heavy atom. The van der Waals surface area contributed by atoms with Crippen molar-refractivity contribution in [2.24, 2.45) is 0 Å². The minimum absolute atomic E-state index is 0.0479. The molecule has 1 amide bonds. The zero-order valence-corrected chi connectivity index (χ0v) is 19.5. The third kappa shape index (κ3) is 5.38. The molecule has 182 valence electrons. The third-order valence-electron chi connectivity index (χ3n) is 5.97. The topological polar surface area (TPSA) is 45.5 Å². The highest BCUT2D eigenvalue weighted by Crippen LogP contribution is 2.30. The van der Waals surface area contributed by atoms with Gasteiger partial charge in [-0.1, -0.05) is 36.4 Å². The highest BCUT2D eigenvalue weighted by Gasteiger charge is 2.30. The maximum Gasteiger partial charge on any atom is 0.416 e. The first-order valence-electron chi connectivity index (χ1n) is 11.2. The van der Waals surface area contributed by atoms with E-state index in [1.54, 1.807) is 47.4 Å². The first-order valence-corrected chi connectivity index (χ1v) is 11.2. The fourth-order valence-corrected chi connectivity index (χ4v) is 4.16. The molecule has 0 bridgehead atoms. The summed E-state index contributed by atoms with van der Waals surface area (Å²) >= 11 is 0. The van der Waals surface area contributed by atoms with Gasteiger partial charge in [0.1, 0.15) is 6.54 Å². The zero-order valence-electron chi connectivity index (χ0n) is 19.5. The van der Waals surface area contributed by atoms with E-state index >= 15 is 0 Å². The molecule has 0 aliphatic heterocycles. The molecule has 0 aliphatic rings. The summed E-state index contributed by atoms with van der Waals surface area (Å²) in [6.45, 7) is 0.898. The van der Waals surface area contributed by atoms with Crippen molar-refractivity contribution in [3.8, 4) is 0 Å². The van der Waals surface area contributed by atoms with Gasteiger partial charge in [0.05, 0.1) is 16.6 Å². The summed E-state index contributed by atoms with van der Waals surface area (Å²) in [5.74, 6) is -0.247. The lowest BCUT2D eigenvalue weighted by Crippen LogP contribution is -2.38. The highest BCUT2D eigenvalue weighted by molar-refractivity contribution is 5.94. The number of rotatable bonds is 7. The van der Waals surface area contributed by atoms with Crippen molar-refractivity contribution in [3.63, 3.8) is 0 Å². The summed E-state index contributed by atoms with van der Waals surface area (Å²) in [6.07, 6.45) is -4.46. The molecule has 0 spiro atoms. The minimum atomic E-state index is -4.46. The van der Waals surface area contributed by atoms with Crippen LogP contribution in [0.4, 0.5) is 13.2 Å². The lowest BCUT2D eigenvalue weighted by atomic mass is 10.1. The van der Waals surface area contributed by atoms with E-state index in [1.807, 2.05) is 35.7 Å². The van der Waals surface area contributed by atoms with Gasteiger partial charge in [0, 0.05) is 30.4 Å². The van der Waals surface area contributed by atoms with Crippen LogP contribution >= 0.6 is 0 Å². The number of hydrogen-bond acceptors (Lipinski definition) is 3. The normalized spacial score (nSPS) is 11.9. The average molecular weight is 482 g/mol. The van der Waals surface area contributed by atoms with Crippen LogP contribution in [0, 0.1) is 0 Å². The molecule has 1 heterocycles. The molecule has 0 atom stereocenters. The Hall–Kier alpha value is -3.65. The first kappa shape index (κ1) is 24.5. The molecule has 0 aliphatic carbocycles. The number of carbonyl (C=O) groups is 1. The number of para-hydroxylation sites is 2. The lowest BCUT2D eigenvalue weighted by molar-refractivity contribution is -0.137. The maximum absolute atomic E-state index is 13.6. The number of fused-ring (bicyclic) bond motifs is 2.